The number of nitrogens with zero attached hydrogens (tertiary/aromatic N) is 2. The maximum atomic E-state index is 11.7. The molecule has 0 radical (unpaired) electrons. The first-order valence-corrected chi connectivity index (χ1v) is 7.69. The summed E-state index contributed by atoms with van der Waals surface area (Å²) in [6, 6.07) is 10.2. The zero-order chi connectivity index (χ0) is 14.5. The van der Waals surface area contributed by atoms with Gasteiger partial charge in [0.25, 0.3) is 0 Å². The van der Waals surface area contributed by atoms with Crippen LogP contribution in [0.25, 0.3) is 11.4 Å². The van der Waals surface area contributed by atoms with Crippen LogP contribution in [-0.2, 0) is 11.3 Å². The van der Waals surface area contributed by atoms with E-state index >= 15 is 0 Å². The Bertz CT molecular complexity index is 587. The molecule has 21 heavy (non-hydrogen) atoms. The fourth-order valence-electron chi connectivity index (χ4n) is 2.61. The smallest absolute Gasteiger partial charge is 0.223 e. The highest BCUT2D eigenvalue weighted by Crippen LogP contribution is 2.26. The van der Waals surface area contributed by atoms with Crippen molar-refractivity contribution >= 4 is 5.91 Å². The zero-order valence-electron chi connectivity index (χ0n) is 12.2. The van der Waals surface area contributed by atoms with Crippen LogP contribution in [0.15, 0.2) is 42.7 Å². The first-order valence-electron chi connectivity index (χ1n) is 7.69. The fourth-order valence-corrected chi connectivity index (χ4v) is 2.61. The molecule has 0 aliphatic heterocycles. The normalized spacial score (nSPS) is 14.7. The minimum atomic E-state index is 0.232. The fraction of sp³-hybridized carbons (Fsp3) is 0.412. The Morgan fingerprint density at radius 3 is 2.81 bits per heavy atom. The second kappa shape index (κ2) is 6.57. The van der Waals surface area contributed by atoms with Crippen LogP contribution >= 0.6 is 0 Å². The van der Waals surface area contributed by atoms with Crippen molar-refractivity contribution in [2.75, 3.05) is 6.54 Å². The quantitative estimate of drug-likeness (QED) is 0.829. The average molecular weight is 283 g/mol. The number of hydrogen-bond acceptors (Lipinski definition) is 2. The number of benzene rings is 1. The minimum Gasteiger partial charge on any atom is -0.356 e. The number of hydrogen-bond donors (Lipinski definition) is 1. The van der Waals surface area contributed by atoms with Gasteiger partial charge >= 0.3 is 0 Å². The lowest BCUT2D eigenvalue weighted by molar-refractivity contribution is -0.127. The summed E-state index contributed by atoms with van der Waals surface area (Å²) in [5.74, 6) is 1.49. The van der Waals surface area contributed by atoms with E-state index in [2.05, 4.69) is 27.0 Å². The molecule has 0 atom stereocenters. The molecule has 0 unspecified atom stereocenters. The largest absolute Gasteiger partial charge is 0.356 e. The molecule has 1 fully saturated rings. The van der Waals surface area contributed by atoms with Crippen molar-refractivity contribution in [2.24, 2.45) is 5.92 Å². The van der Waals surface area contributed by atoms with Crippen LogP contribution < -0.4 is 5.32 Å². The second-order valence-electron chi connectivity index (χ2n) is 5.58. The SMILES string of the molecule is O=C(NCCCn1ccnc1-c1ccccc1)C1CCC1. The summed E-state index contributed by atoms with van der Waals surface area (Å²) < 4.78 is 2.14. The van der Waals surface area contributed by atoms with E-state index in [-0.39, 0.29) is 11.8 Å². The van der Waals surface area contributed by atoms with Crippen LogP contribution in [0.3, 0.4) is 0 Å². The topological polar surface area (TPSA) is 46.9 Å². The van der Waals surface area contributed by atoms with Crippen LogP contribution in [0, 0.1) is 5.92 Å². The summed E-state index contributed by atoms with van der Waals surface area (Å²) in [6.07, 6.45) is 8.07. The van der Waals surface area contributed by atoms with Gasteiger partial charge in [0.05, 0.1) is 0 Å². The molecule has 0 spiro atoms. The summed E-state index contributed by atoms with van der Waals surface area (Å²) in [6.45, 7) is 1.61. The number of nitrogens with one attached hydrogen (secondary N) is 1. The third-order valence-electron chi connectivity index (χ3n) is 4.10. The van der Waals surface area contributed by atoms with E-state index in [1.165, 1.54) is 6.42 Å². The molecule has 1 N–H and O–H groups in total. The zero-order valence-corrected chi connectivity index (χ0v) is 12.2. The van der Waals surface area contributed by atoms with Gasteiger partial charge in [-0.3, -0.25) is 4.79 Å². The molecule has 2 aromatic rings. The highest BCUT2D eigenvalue weighted by atomic mass is 16.1. The van der Waals surface area contributed by atoms with Gasteiger partial charge in [-0.2, -0.15) is 0 Å². The van der Waals surface area contributed by atoms with Crippen molar-refractivity contribution in [3.8, 4) is 11.4 Å². The van der Waals surface area contributed by atoms with E-state index in [1.54, 1.807) is 0 Å². The van der Waals surface area contributed by atoms with Gasteiger partial charge in [-0.15, -0.1) is 0 Å². The Balaban J connectivity index is 1.50. The van der Waals surface area contributed by atoms with Crippen molar-refractivity contribution < 1.29 is 4.79 Å². The molecular formula is C17H21N3O. The summed E-state index contributed by atoms with van der Waals surface area (Å²) in [5.41, 5.74) is 1.13. The Labute approximate surface area is 125 Å². The van der Waals surface area contributed by atoms with E-state index in [0.717, 1.165) is 43.7 Å². The van der Waals surface area contributed by atoms with Crippen molar-refractivity contribution in [1.82, 2.24) is 14.9 Å². The molecule has 3 rings (SSSR count). The number of rotatable bonds is 6. The number of carbonyl (C=O) groups is 1. The molecule has 0 saturated heterocycles. The molecule has 1 saturated carbocycles. The molecule has 1 aromatic carbocycles. The van der Waals surface area contributed by atoms with Gasteiger partial charge in [-0.25, -0.2) is 4.98 Å². The maximum absolute atomic E-state index is 11.7. The number of aryl methyl sites for hydroxylation is 1. The Kier molecular flexibility index (Phi) is 4.34. The standard InChI is InChI=1S/C17H21N3O/c21-17(15-8-4-9-15)19-10-5-12-20-13-11-18-16(20)14-6-2-1-3-7-14/h1-3,6-7,11,13,15H,4-5,8-10,12H2,(H,19,21). The first kappa shape index (κ1) is 13.9. The maximum Gasteiger partial charge on any atom is 0.223 e. The van der Waals surface area contributed by atoms with Gasteiger partial charge in [0.1, 0.15) is 5.82 Å². The summed E-state index contributed by atoms with van der Waals surface area (Å²) in [5, 5.41) is 3.03. The lowest BCUT2D eigenvalue weighted by atomic mass is 9.85. The number of imidazole rings is 1. The molecular weight excluding hydrogens is 262 g/mol. The van der Waals surface area contributed by atoms with Crippen molar-refractivity contribution in [3.63, 3.8) is 0 Å². The van der Waals surface area contributed by atoms with Gasteiger partial charge in [0.15, 0.2) is 0 Å². The Morgan fingerprint density at radius 1 is 1.29 bits per heavy atom. The third kappa shape index (κ3) is 3.32. The van der Waals surface area contributed by atoms with Crippen molar-refractivity contribution in [3.05, 3.63) is 42.7 Å². The van der Waals surface area contributed by atoms with Crippen molar-refractivity contribution in [1.29, 1.82) is 0 Å². The van der Waals surface area contributed by atoms with Crippen LogP contribution in [0.1, 0.15) is 25.7 Å². The molecule has 110 valence electrons. The molecule has 1 aliphatic carbocycles. The van der Waals surface area contributed by atoms with Crippen molar-refractivity contribution in [2.45, 2.75) is 32.2 Å². The lowest BCUT2D eigenvalue weighted by Crippen LogP contribution is -2.35. The predicted molar refractivity (Wildman–Crippen MR) is 82.6 cm³/mol. The number of carbonyl (C=O) groups excluding carboxylic acids is 1. The van der Waals surface area contributed by atoms with Crippen LogP contribution in [0.5, 0.6) is 0 Å². The molecule has 0 bridgehead atoms. The van der Waals surface area contributed by atoms with Gasteiger partial charge < -0.3 is 9.88 Å². The van der Waals surface area contributed by atoms with E-state index in [9.17, 15) is 4.79 Å². The molecule has 1 heterocycles. The van der Waals surface area contributed by atoms with Crippen LogP contribution in [-0.4, -0.2) is 22.0 Å². The van der Waals surface area contributed by atoms with Crippen LogP contribution in [0.2, 0.25) is 0 Å². The average Bonchev–Trinajstić information content (AvgIpc) is 2.91. The van der Waals surface area contributed by atoms with E-state index < -0.39 is 0 Å². The molecule has 4 heteroatoms. The highest BCUT2D eigenvalue weighted by Gasteiger charge is 2.24. The summed E-state index contributed by atoms with van der Waals surface area (Å²) in [7, 11) is 0. The second-order valence-corrected chi connectivity index (χ2v) is 5.58. The number of aromatic nitrogens is 2. The third-order valence-corrected chi connectivity index (χ3v) is 4.10. The van der Waals surface area contributed by atoms with Gasteiger partial charge in [-0.05, 0) is 19.3 Å². The van der Waals surface area contributed by atoms with E-state index in [0.29, 0.717) is 0 Å². The molecule has 1 aliphatic rings. The lowest BCUT2D eigenvalue weighted by Gasteiger charge is -2.24. The highest BCUT2D eigenvalue weighted by molar-refractivity contribution is 5.79. The Hall–Kier alpha value is -2.10. The molecule has 1 amide bonds. The van der Waals surface area contributed by atoms with Gasteiger partial charge in [-0.1, -0.05) is 36.8 Å². The Morgan fingerprint density at radius 2 is 2.10 bits per heavy atom. The summed E-state index contributed by atoms with van der Waals surface area (Å²) in [4.78, 5) is 16.2. The van der Waals surface area contributed by atoms with Gasteiger partial charge in [0.2, 0.25) is 5.91 Å². The van der Waals surface area contributed by atoms with Gasteiger partial charge in [0, 0.05) is 37.0 Å². The number of amides is 1. The van der Waals surface area contributed by atoms with E-state index in [4.69, 9.17) is 0 Å². The van der Waals surface area contributed by atoms with Crippen LogP contribution in [0.4, 0.5) is 0 Å². The van der Waals surface area contributed by atoms with E-state index in [1.807, 2.05) is 30.6 Å². The molecule has 4 nitrogen and oxygen atoms in total. The summed E-state index contributed by atoms with van der Waals surface area (Å²) >= 11 is 0. The predicted octanol–water partition coefficient (Wildman–Crippen LogP) is 2.86. The first-order chi connectivity index (χ1) is 10.3. The monoisotopic (exact) mass is 283 g/mol. The molecule has 1 aromatic heterocycles. The minimum absolute atomic E-state index is 0.232.